The average molecular weight is 215 g/mol. The van der Waals surface area contributed by atoms with Gasteiger partial charge >= 0.3 is 0 Å². The SMILES string of the molecule is O=C(Nc1ccccc1CC1CC1)C1CC1. The van der Waals surface area contributed by atoms with Gasteiger partial charge in [-0.25, -0.2) is 0 Å². The first kappa shape index (κ1) is 9.88. The Kier molecular flexibility index (Phi) is 2.43. The highest BCUT2D eigenvalue weighted by Gasteiger charge is 2.30. The van der Waals surface area contributed by atoms with Gasteiger partial charge in [-0.15, -0.1) is 0 Å². The van der Waals surface area contributed by atoms with Crippen LogP contribution in [0.15, 0.2) is 24.3 Å². The average Bonchev–Trinajstić information content (AvgIpc) is 3.15. The van der Waals surface area contributed by atoms with Crippen molar-refractivity contribution in [1.29, 1.82) is 0 Å². The van der Waals surface area contributed by atoms with Crippen molar-refractivity contribution in [3.05, 3.63) is 29.8 Å². The molecule has 1 N–H and O–H groups in total. The minimum Gasteiger partial charge on any atom is -0.326 e. The van der Waals surface area contributed by atoms with E-state index in [-0.39, 0.29) is 11.8 Å². The zero-order chi connectivity index (χ0) is 11.0. The van der Waals surface area contributed by atoms with Crippen molar-refractivity contribution in [3.63, 3.8) is 0 Å². The number of nitrogens with one attached hydrogen (secondary N) is 1. The highest BCUT2D eigenvalue weighted by Crippen LogP contribution is 2.35. The molecule has 2 aliphatic carbocycles. The maximum Gasteiger partial charge on any atom is 0.227 e. The van der Waals surface area contributed by atoms with Crippen LogP contribution in [0.2, 0.25) is 0 Å². The topological polar surface area (TPSA) is 29.1 Å². The third-order valence-electron chi connectivity index (χ3n) is 3.43. The first-order chi connectivity index (χ1) is 7.83. The van der Waals surface area contributed by atoms with E-state index in [0.29, 0.717) is 0 Å². The van der Waals surface area contributed by atoms with Crippen LogP contribution in [0.4, 0.5) is 5.69 Å². The minimum atomic E-state index is 0.211. The number of carbonyl (C=O) groups excluding carboxylic acids is 1. The molecule has 84 valence electrons. The molecule has 2 aliphatic rings. The van der Waals surface area contributed by atoms with E-state index in [1.165, 1.54) is 18.4 Å². The number of para-hydroxylation sites is 1. The zero-order valence-corrected chi connectivity index (χ0v) is 9.41. The third kappa shape index (κ3) is 2.26. The summed E-state index contributed by atoms with van der Waals surface area (Å²) in [4.78, 5) is 11.7. The van der Waals surface area contributed by atoms with E-state index in [1.54, 1.807) is 0 Å². The molecule has 2 saturated carbocycles. The van der Waals surface area contributed by atoms with Gasteiger partial charge in [0.15, 0.2) is 0 Å². The summed E-state index contributed by atoms with van der Waals surface area (Å²) in [5, 5.41) is 3.07. The van der Waals surface area contributed by atoms with Crippen LogP contribution < -0.4 is 5.32 Å². The quantitative estimate of drug-likeness (QED) is 0.822. The van der Waals surface area contributed by atoms with Crippen molar-refractivity contribution in [1.82, 2.24) is 0 Å². The molecule has 3 rings (SSSR count). The van der Waals surface area contributed by atoms with Crippen LogP contribution in [0.1, 0.15) is 31.2 Å². The molecule has 0 aromatic heterocycles. The molecular formula is C14H17NO. The summed E-state index contributed by atoms with van der Waals surface area (Å²) in [7, 11) is 0. The zero-order valence-electron chi connectivity index (χ0n) is 9.41. The number of hydrogen-bond donors (Lipinski definition) is 1. The highest BCUT2D eigenvalue weighted by atomic mass is 16.2. The number of hydrogen-bond acceptors (Lipinski definition) is 1. The first-order valence-electron chi connectivity index (χ1n) is 6.21. The van der Waals surface area contributed by atoms with Crippen LogP contribution in [-0.2, 0) is 11.2 Å². The molecule has 1 aromatic rings. The summed E-state index contributed by atoms with van der Waals surface area (Å²) in [5.41, 5.74) is 2.34. The van der Waals surface area contributed by atoms with E-state index in [9.17, 15) is 4.79 Å². The summed E-state index contributed by atoms with van der Waals surface area (Å²) in [6.45, 7) is 0. The van der Waals surface area contributed by atoms with E-state index in [1.807, 2.05) is 12.1 Å². The molecule has 1 aromatic carbocycles. The number of benzene rings is 1. The second kappa shape index (κ2) is 3.93. The van der Waals surface area contributed by atoms with Crippen molar-refractivity contribution in [2.75, 3.05) is 5.32 Å². The van der Waals surface area contributed by atoms with E-state index in [4.69, 9.17) is 0 Å². The fourth-order valence-electron chi connectivity index (χ4n) is 2.03. The number of anilines is 1. The fraction of sp³-hybridized carbons (Fsp3) is 0.500. The predicted octanol–water partition coefficient (Wildman–Crippen LogP) is 2.99. The predicted molar refractivity (Wildman–Crippen MR) is 64.2 cm³/mol. The smallest absolute Gasteiger partial charge is 0.227 e. The lowest BCUT2D eigenvalue weighted by Gasteiger charge is -2.10. The van der Waals surface area contributed by atoms with Crippen LogP contribution in [-0.4, -0.2) is 5.91 Å². The first-order valence-corrected chi connectivity index (χ1v) is 6.21. The Hall–Kier alpha value is -1.31. The standard InChI is InChI=1S/C14H17NO/c16-14(11-7-8-11)15-13-4-2-1-3-12(13)9-10-5-6-10/h1-4,10-11H,5-9H2,(H,15,16). The molecule has 2 nitrogen and oxygen atoms in total. The van der Waals surface area contributed by atoms with Gasteiger partial charge in [0, 0.05) is 11.6 Å². The molecule has 0 spiro atoms. The van der Waals surface area contributed by atoms with E-state index in [2.05, 4.69) is 17.4 Å². The summed E-state index contributed by atoms with van der Waals surface area (Å²) in [6, 6.07) is 8.22. The summed E-state index contributed by atoms with van der Waals surface area (Å²) >= 11 is 0. The second-order valence-electron chi connectivity index (χ2n) is 5.07. The van der Waals surface area contributed by atoms with Gasteiger partial charge in [-0.2, -0.15) is 0 Å². The van der Waals surface area contributed by atoms with Crippen molar-refractivity contribution in [2.24, 2.45) is 11.8 Å². The monoisotopic (exact) mass is 215 g/mol. The van der Waals surface area contributed by atoms with Gasteiger partial charge in [0.1, 0.15) is 0 Å². The molecule has 1 amide bonds. The van der Waals surface area contributed by atoms with Crippen molar-refractivity contribution in [2.45, 2.75) is 32.1 Å². The Morgan fingerprint density at radius 2 is 1.94 bits per heavy atom. The summed E-state index contributed by atoms with van der Waals surface area (Å²) in [5.74, 6) is 1.36. The van der Waals surface area contributed by atoms with Crippen molar-refractivity contribution < 1.29 is 4.79 Å². The van der Waals surface area contributed by atoms with E-state index < -0.39 is 0 Å². The lowest BCUT2D eigenvalue weighted by molar-refractivity contribution is -0.117. The molecule has 0 saturated heterocycles. The number of rotatable bonds is 4. The molecular weight excluding hydrogens is 198 g/mol. The molecule has 0 radical (unpaired) electrons. The lowest BCUT2D eigenvalue weighted by Crippen LogP contribution is -2.14. The fourth-order valence-corrected chi connectivity index (χ4v) is 2.03. The molecule has 0 bridgehead atoms. The van der Waals surface area contributed by atoms with Gasteiger partial charge in [-0.1, -0.05) is 18.2 Å². The normalized spacial score (nSPS) is 19.5. The van der Waals surface area contributed by atoms with Crippen LogP contribution in [0.25, 0.3) is 0 Å². The molecule has 2 heteroatoms. The van der Waals surface area contributed by atoms with Crippen LogP contribution in [0.3, 0.4) is 0 Å². The van der Waals surface area contributed by atoms with Crippen molar-refractivity contribution in [3.8, 4) is 0 Å². The molecule has 2 fully saturated rings. The Morgan fingerprint density at radius 3 is 2.62 bits per heavy atom. The number of amides is 1. The number of carbonyl (C=O) groups is 1. The maximum atomic E-state index is 11.7. The van der Waals surface area contributed by atoms with E-state index in [0.717, 1.165) is 30.9 Å². The molecule has 0 aliphatic heterocycles. The third-order valence-corrected chi connectivity index (χ3v) is 3.43. The molecule has 16 heavy (non-hydrogen) atoms. The van der Waals surface area contributed by atoms with Gasteiger partial charge < -0.3 is 5.32 Å². The van der Waals surface area contributed by atoms with Crippen LogP contribution in [0, 0.1) is 11.8 Å². The Labute approximate surface area is 96.1 Å². The Bertz CT molecular complexity index is 405. The largest absolute Gasteiger partial charge is 0.326 e. The van der Waals surface area contributed by atoms with Gasteiger partial charge in [0.05, 0.1) is 0 Å². The maximum absolute atomic E-state index is 11.7. The summed E-state index contributed by atoms with van der Waals surface area (Å²) in [6.07, 6.45) is 5.96. The molecule has 0 atom stereocenters. The van der Waals surface area contributed by atoms with Crippen LogP contribution in [0.5, 0.6) is 0 Å². The van der Waals surface area contributed by atoms with Crippen LogP contribution >= 0.6 is 0 Å². The van der Waals surface area contributed by atoms with Gasteiger partial charge in [0.2, 0.25) is 5.91 Å². The molecule has 0 heterocycles. The van der Waals surface area contributed by atoms with Crippen molar-refractivity contribution >= 4 is 11.6 Å². The summed E-state index contributed by atoms with van der Waals surface area (Å²) < 4.78 is 0. The minimum absolute atomic E-state index is 0.211. The second-order valence-corrected chi connectivity index (χ2v) is 5.07. The highest BCUT2D eigenvalue weighted by molar-refractivity contribution is 5.94. The molecule has 0 unspecified atom stereocenters. The van der Waals surface area contributed by atoms with Gasteiger partial charge in [-0.3, -0.25) is 4.79 Å². The lowest BCUT2D eigenvalue weighted by atomic mass is 10.1. The van der Waals surface area contributed by atoms with Gasteiger partial charge in [-0.05, 0) is 49.7 Å². The Balaban J connectivity index is 1.72. The van der Waals surface area contributed by atoms with E-state index >= 15 is 0 Å². The Morgan fingerprint density at radius 1 is 1.19 bits per heavy atom. The van der Waals surface area contributed by atoms with Gasteiger partial charge in [0.25, 0.3) is 0 Å².